The van der Waals surface area contributed by atoms with E-state index in [0.717, 1.165) is 39.3 Å². The quantitative estimate of drug-likeness (QED) is 0.685. The number of aromatic nitrogens is 3. The summed E-state index contributed by atoms with van der Waals surface area (Å²) >= 11 is 3.49. The van der Waals surface area contributed by atoms with Crippen molar-refractivity contribution < 1.29 is 9.53 Å². The first-order chi connectivity index (χ1) is 12.7. The molecule has 2 N–H and O–H groups in total. The molecule has 6 nitrogen and oxygen atoms in total. The minimum absolute atomic E-state index is 0.0475. The number of fused-ring (bicyclic) bond motifs is 1. The number of nitrogens with zero attached hydrogens (tertiary/aromatic N) is 2. The maximum atomic E-state index is 12.0. The number of benzene rings is 1. The Morgan fingerprint density at radius 1 is 1.23 bits per heavy atom. The molecule has 0 bridgehead atoms. The Hall–Kier alpha value is -2.67. The van der Waals surface area contributed by atoms with Crippen LogP contribution < -0.4 is 10.1 Å². The fourth-order valence-corrected chi connectivity index (χ4v) is 3.39. The molecule has 1 amide bonds. The van der Waals surface area contributed by atoms with E-state index in [9.17, 15) is 4.79 Å². The normalized spacial score (nSPS) is 13.2. The molecule has 0 unspecified atom stereocenters. The van der Waals surface area contributed by atoms with E-state index >= 15 is 0 Å². The zero-order valence-electron chi connectivity index (χ0n) is 14.2. The van der Waals surface area contributed by atoms with Crippen LogP contribution >= 0.6 is 15.9 Å². The number of ether oxygens (including phenoxy) is 1. The van der Waals surface area contributed by atoms with E-state index in [4.69, 9.17) is 9.72 Å². The maximum Gasteiger partial charge on any atom is 0.253 e. The van der Waals surface area contributed by atoms with E-state index in [1.165, 1.54) is 0 Å². The molecule has 0 aliphatic carbocycles. The van der Waals surface area contributed by atoms with Gasteiger partial charge in [-0.25, -0.2) is 9.97 Å². The Labute approximate surface area is 159 Å². The molecule has 0 atom stereocenters. The van der Waals surface area contributed by atoms with Crippen molar-refractivity contribution >= 4 is 21.8 Å². The number of hydrogen-bond acceptors (Lipinski definition) is 4. The fraction of sp³-hybridized carbons (Fsp3) is 0.211. The molecule has 1 aliphatic rings. The molecule has 0 spiro atoms. The fourth-order valence-electron chi connectivity index (χ4n) is 3.03. The molecule has 1 aromatic carbocycles. The van der Waals surface area contributed by atoms with Gasteiger partial charge in [0.05, 0.1) is 29.1 Å². The third-order valence-electron chi connectivity index (χ3n) is 4.22. The van der Waals surface area contributed by atoms with Crippen molar-refractivity contribution in [2.75, 3.05) is 13.2 Å². The third-order valence-corrected chi connectivity index (χ3v) is 4.71. The Kier molecular flexibility index (Phi) is 4.46. The van der Waals surface area contributed by atoms with Gasteiger partial charge in [-0.15, -0.1) is 0 Å². The largest absolute Gasteiger partial charge is 0.493 e. The van der Waals surface area contributed by atoms with Crippen molar-refractivity contribution in [1.82, 2.24) is 20.3 Å². The average Bonchev–Trinajstić information content (AvgIpc) is 3.09. The summed E-state index contributed by atoms with van der Waals surface area (Å²) in [7, 11) is 0. The Bertz CT molecular complexity index is 983. The molecule has 132 valence electrons. The minimum atomic E-state index is -0.0475. The summed E-state index contributed by atoms with van der Waals surface area (Å²) in [5.74, 6) is 1.26. The van der Waals surface area contributed by atoms with Crippen molar-refractivity contribution in [1.29, 1.82) is 0 Å². The predicted molar refractivity (Wildman–Crippen MR) is 102 cm³/mol. The van der Waals surface area contributed by atoms with Crippen LogP contribution in [0.3, 0.4) is 0 Å². The molecular weight excluding hydrogens is 396 g/mol. The number of amides is 1. The van der Waals surface area contributed by atoms with E-state index < -0.39 is 0 Å². The second kappa shape index (κ2) is 6.92. The summed E-state index contributed by atoms with van der Waals surface area (Å²) in [5.41, 5.74) is 3.99. The summed E-state index contributed by atoms with van der Waals surface area (Å²) in [6.07, 6.45) is 2.51. The lowest BCUT2D eigenvalue weighted by molar-refractivity contribution is 0.0946. The number of nitrogens with one attached hydrogen (secondary N) is 2. The smallest absolute Gasteiger partial charge is 0.253 e. The van der Waals surface area contributed by atoms with Gasteiger partial charge in [0.2, 0.25) is 0 Å². The van der Waals surface area contributed by atoms with E-state index in [0.29, 0.717) is 24.5 Å². The number of H-pyrrole nitrogens is 1. The topological polar surface area (TPSA) is 79.9 Å². The molecule has 3 aromatic rings. The standard InChI is InChI=1S/C19H17BrN4O2/c1-2-26-17-4-3-11(20)9-13(17)18-21-7-6-15(24-18)16-10-12-14(23-16)5-8-22-19(12)25/h3-4,6-7,9-10,23H,2,5,8H2,1H3,(H,22,25). The van der Waals surface area contributed by atoms with Crippen LogP contribution in [0.4, 0.5) is 0 Å². The van der Waals surface area contributed by atoms with Crippen LogP contribution in [-0.4, -0.2) is 34.0 Å². The van der Waals surface area contributed by atoms with Gasteiger partial charge in [-0.1, -0.05) is 15.9 Å². The lowest BCUT2D eigenvalue weighted by Gasteiger charge is -2.11. The van der Waals surface area contributed by atoms with Gasteiger partial charge in [0.15, 0.2) is 5.82 Å². The zero-order chi connectivity index (χ0) is 18.1. The van der Waals surface area contributed by atoms with E-state index in [1.807, 2.05) is 37.3 Å². The highest BCUT2D eigenvalue weighted by atomic mass is 79.9. The van der Waals surface area contributed by atoms with Crippen molar-refractivity contribution in [3.05, 3.63) is 52.3 Å². The predicted octanol–water partition coefficient (Wildman–Crippen LogP) is 3.59. The first-order valence-electron chi connectivity index (χ1n) is 8.42. The molecule has 2 aromatic heterocycles. The number of halogens is 1. The van der Waals surface area contributed by atoms with Crippen LogP contribution in [0, 0.1) is 0 Å². The highest BCUT2D eigenvalue weighted by molar-refractivity contribution is 9.10. The van der Waals surface area contributed by atoms with Gasteiger partial charge in [0.25, 0.3) is 5.91 Å². The summed E-state index contributed by atoms with van der Waals surface area (Å²) in [6.45, 7) is 3.15. The lowest BCUT2D eigenvalue weighted by atomic mass is 10.1. The average molecular weight is 413 g/mol. The summed E-state index contributed by atoms with van der Waals surface area (Å²) in [4.78, 5) is 24.4. The second-order valence-electron chi connectivity index (χ2n) is 5.92. The third kappa shape index (κ3) is 3.10. The molecule has 1 aliphatic heterocycles. The van der Waals surface area contributed by atoms with Gasteiger partial charge in [-0.05, 0) is 37.3 Å². The minimum Gasteiger partial charge on any atom is -0.493 e. The number of carbonyl (C=O) groups excluding carboxylic acids is 1. The SMILES string of the molecule is CCOc1ccc(Br)cc1-c1nccc(-c2cc3c([nH]2)CCNC3=O)n1. The van der Waals surface area contributed by atoms with Gasteiger partial charge in [-0.3, -0.25) is 4.79 Å². The Balaban J connectivity index is 1.77. The molecular formula is C19H17BrN4O2. The van der Waals surface area contributed by atoms with Crippen LogP contribution in [-0.2, 0) is 6.42 Å². The van der Waals surface area contributed by atoms with Crippen molar-refractivity contribution in [3.8, 4) is 28.5 Å². The van der Waals surface area contributed by atoms with Crippen LogP contribution in [0.25, 0.3) is 22.8 Å². The van der Waals surface area contributed by atoms with Gasteiger partial charge in [0, 0.05) is 29.3 Å². The first-order valence-corrected chi connectivity index (χ1v) is 9.21. The van der Waals surface area contributed by atoms with E-state index in [2.05, 4.69) is 31.2 Å². The molecule has 0 fully saturated rings. The van der Waals surface area contributed by atoms with Gasteiger partial charge in [-0.2, -0.15) is 0 Å². The van der Waals surface area contributed by atoms with E-state index in [1.54, 1.807) is 6.20 Å². The van der Waals surface area contributed by atoms with Crippen LogP contribution in [0.15, 0.2) is 41.0 Å². The number of rotatable bonds is 4. The summed E-state index contributed by atoms with van der Waals surface area (Å²) in [5, 5.41) is 2.85. The molecule has 0 saturated heterocycles. The van der Waals surface area contributed by atoms with Crippen LogP contribution in [0.2, 0.25) is 0 Å². The Morgan fingerprint density at radius 3 is 2.92 bits per heavy atom. The lowest BCUT2D eigenvalue weighted by Crippen LogP contribution is -2.31. The number of aromatic amines is 1. The second-order valence-corrected chi connectivity index (χ2v) is 6.84. The van der Waals surface area contributed by atoms with Gasteiger partial charge < -0.3 is 15.0 Å². The molecule has 7 heteroatoms. The number of carbonyl (C=O) groups is 1. The molecule has 0 radical (unpaired) electrons. The monoisotopic (exact) mass is 412 g/mol. The molecule has 0 saturated carbocycles. The molecule has 3 heterocycles. The highest BCUT2D eigenvalue weighted by Crippen LogP contribution is 2.32. The van der Waals surface area contributed by atoms with Crippen molar-refractivity contribution in [3.63, 3.8) is 0 Å². The first kappa shape index (κ1) is 16.8. The van der Waals surface area contributed by atoms with Crippen LogP contribution in [0.1, 0.15) is 23.0 Å². The molecule has 26 heavy (non-hydrogen) atoms. The van der Waals surface area contributed by atoms with Gasteiger partial charge >= 0.3 is 0 Å². The molecule has 4 rings (SSSR count). The summed E-state index contributed by atoms with van der Waals surface area (Å²) in [6, 6.07) is 9.45. The highest BCUT2D eigenvalue weighted by Gasteiger charge is 2.20. The maximum absolute atomic E-state index is 12.0. The number of hydrogen-bond donors (Lipinski definition) is 2. The van der Waals surface area contributed by atoms with Crippen molar-refractivity contribution in [2.24, 2.45) is 0 Å². The summed E-state index contributed by atoms with van der Waals surface area (Å²) < 4.78 is 6.64. The zero-order valence-corrected chi connectivity index (χ0v) is 15.8. The van der Waals surface area contributed by atoms with Crippen LogP contribution in [0.5, 0.6) is 5.75 Å². The Morgan fingerprint density at radius 2 is 2.12 bits per heavy atom. The van der Waals surface area contributed by atoms with E-state index in [-0.39, 0.29) is 5.91 Å². The van der Waals surface area contributed by atoms with Gasteiger partial charge in [0.1, 0.15) is 5.75 Å². The van der Waals surface area contributed by atoms with Crippen molar-refractivity contribution in [2.45, 2.75) is 13.3 Å².